The highest BCUT2D eigenvalue weighted by molar-refractivity contribution is 9.10. The number of aromatic nitrogens is 2. The summed E-state index contributed by atoms with van der Waals surface area (Å²) < 4.78 is 14.8. The molecule has 2 fully saturated rings. The highest BCUT2D eigenvalue weighted by atomic mass is 79.9. The number of halogens is 2. The van der Waals surface area contributed by atoms with Crippen molar-refractivity contribution in [3.05, 3.63) is 58.3 Å². The number of hydrogen-bond donors (Lipinski definition) is 1. The Kier molecular flexibility index (Phi) is 5.02. The zero-order chi connectivity index (χ0) is 20.7. The first kappa shape index (κ1) is 19.2. The standard InChI is InChI=1S/C22H21BrFN5O/c23-14-5-8-17(24)16(13-14)22(30)29-11-9-28(10-12-29)21-20(25-15-6-7-15)26-18-3-1-2-4-19(18)27-21/h1-5,8,13,15H,6-7,9-12H2,(H,25,26). The third-order valence-corrected chi connectivity index (χ3v) is 5.99. The summed E-state index contributed by atoms with van der Waals surface area (Å²) in [6.07, 6.45) is 2.29. The van der Waals surface area contributed by atoms with Crippen molar-refractivity contribution in [3.63, 3.8) is 0 Å². The summed E-state index contributed by atoms with van der Waals surface area (Å²) in [6.45, 7) is 2.24. The lowest BCUT2D eigenvalue weighted by Gasteiger charge is -2.36. The SMILES string of the molecule is O=C(c1cc(Br)ccc1F)N1CCN(c2nc3ccccc3nc2NC2CC2)CC1. The normalized spacial score (nSPS) is 16.7. The Morgan fingerprint density at radius 1 is 1.03 bits per heavy atom. The summed E-state index contributed by atoms with van der Waals surface area (Å²) in [5, 5.41) is 3.50. The maximum atomic E-state index is 14.1. The van der Waals surface area contributed by atoms with Crippen molar-refractivity contribution in [2.24, 2.45) is 0 Å². The molecule has 0 radical (unpaired) electrons. The van der Waals surface area contributed by atoms with E-state index in [2.05, 4.69) is 26.1 Å². The smallest absolute Gasteiger partial charge is 0.256 e. The van der Waals surface area contributed by atoms with Gasteiger partial charge in [-0.3, -0.25) is 4.79 Å². The number of nitrogens with one attached hydrogen (secondary N) is 1. The predicted octanol–water partition coefficient (Wildman–Crippen LogP) is 4.07. The van der Waals surface area contributed by atoms with Gasteiger partial charge in [0.1, 0.15) is 5.82 Å². The lowest BCUT2D eigenvalue weighted by Crippen LogP contribution is -2.49. The molecule has 1 aliphatic heterocycles. The van der Waals surface area contributed by atoms with E-state index in [9.17, 15) is 9.18 Å². The molecular weight excluding hydrogens is 449 g/mol. The first-order chi connectivity index (χ1) is 14.6. The van der Waals surface area contributed by atoms with Crippen LogP contribution in [0.15, 0.2) is 46.9 Å². The number of anilines is 2. The zero-order valence-electron chi connectivity index (χ0n) is 16.3. The molecule has 0 spiro atoms. The van der Waals surface area contributed by atoms with Crippen LogP contribution in [0.5, 0.6) is 0 Å². The van der Waals surface area contributed by atoms with E-state index < -0.39 is 5.82 Å². The van der Waals surface area contributed by atoms with Gasteiger partial charge in [0.25, 0.3) is 5.91 Å². The van der Waals surface area contributed by atoms with E-state index >= 15 is 0 Å². The van der Waals surface area contributed by atoms with Gasteiger partial charge < -0.3 is 15.1 Å². The van der Waals surface area contributed by atoms with Gasteiger partial charge in [-0.1, -0.05) is 28.1 Å². The Balaban J connectivity index is 1.36. The second-order valence-electron chi connectivity index (χ2n) is 7.71. The van der Waals surface area contributed by atoms with E-state index in [1.807, 2.05) is 24.3 Å². The fourth-order valence-electron chi connectivity index (χ4n) is 3.68. The van der Waals surface area contributed by atoms with Gasteiger partial charge in [0.2, 0.25) is 0 Å². The minimum absolute atomic E-state index is 0.0967. The Hall–Kier alpha value is -2.74. The third-order valence-electron chi connectivity index (χ3n) is 5.50. The largest absolute Gasteiger partial charge is 0.364 e. The van der Waals surface area contributed by atoms with E-state index in [-0.39, 0.29) is 11.5 Å². The highest BCUT2D eigenvalue weighted by Gasteiger charge is 2.29. The molecule has 1 saturated heterocycles. The molecule has 1 saturated carbocycles. The molecule has 1 aromatic heterocycles. The van der Waals surface area contributed by atoms with Crippen LogP contribution < -0.4 is 10.2 Å². The number of fused-ring (bicyclic) bond motifs is 1. The van der Waals surface area contributed by atoms with Crippen LogP contribution in [-0.2, 0) is 0 Å². The van der Waals surface area contributed by atoms with Crippen molar-refractivity contribution in [1.29, 1.82) is 0 Å². The van der Waals surface area contributed by atoms with Crippen molar-refractivity contribution in [3.8, 4) is 0 Å². The Labute approximate surface area is 182 Å². The quantitative estimate of drug-likeness (QED) is 0.623. The maximum Gasteiger partial charge on any atom is 0.256 e. The van der Waals surface area contributed by atoms with Crippen LogP contribution in [0.3, 0.4) is 0 Å². The molecular formula is C22H21BrFN5O. The van der Waals surface area contributed by atoms with Crippen molar-refractivity contribution >= 4 is 44.5 Å². The first-order valence-corrected chi connectivity index (χ1v) is 10.9. The lowest BCUT2D eigenvalue weighted by atomic mass is 10.1. The average Bonchev–Trinajstić information content (AvgIpc) is 3.59. The van der Waals surface area contributed by atoms with Gasteiger partial charge in [-0.05, 0) is 43.2 Å². The molecule has 2 aliphatic rings. The molecule has 1 N–H and O–H groups in total. The molecule has 1 aliphatic carbocycles. The van der Waals surface area contributed by atoms with Gasteiger partial charge in [-0.15, -0.1) is 0 Å². The number of nitrogens with zero attached hydrogens (tertiary/aromatic N) is 4. The number of carbonyl (C=O) groups is 1. The second kappa shape index (κ2) is 7.83. The fraction of sp³-hybridized carbons (Fsp3) is 0.318. The highest BCUT2D eigenvalue weighted by Crippen LogP contribution is 2.31. The van der Waals surface area contributed by atoms with Crippen LogP contribution in [0.4, 0.5) is 16.0 Å². The zero-order valence-corrected chi connectivity index (χ0v) is 17.9. The summed E-state index contributed by atoms with van der Waals surface area (Å²) >= 11 is 3.31. The van der Waals surface area contributed by atoms with E-state index in [0.717, 1.165) is 35.5 Å². The number of hydrogen-bond acceptors (Lipinski definition) is 5. The van der Waals surface area contributed by atoms with Crippen molar-refractivity contribution in [1.82, 2.24) is 14.9 Å². The maximum absolute atomic E-state index is 14.1. The molecule has 1 amide bonds. The Morgan fingerprint density at radius 2 is 1.73 bits per heavy atom. The van der Waals surface area contributed by atoms with Crippen molar-refractivity contribution in [2.45, 2.75) is 18.9 Å². The average molecular weight is 470 g/mol. The summed E-state index contributed by atoms with van der Waals surface area (Å²) in [6, 6.07) is 12.7. The molecule has 0 unspecified atom stereocenters. The predicted molar refractivity (Wildman–Crippen MR) is 118 cm³/mol. The number of benzene rings is 2. The van der Waals surface area contributed by atoms with Crippen molar-refractivity contribution in [2.75, 3.05) is 36.4 Å². The van der Waals surface area contributed by atoms with Crippen LogP contribution in [0.1, 0.15) is 23.2 Å². The molecule has 154 valence electrons. The molecule has 6 nitrogen and oxygen atoms in total. The second-order valence-corrected chi connectivity index (χ2v) is 8.62. The minimum Gasteiger partial charge on any atom is -0.364 e. The monoisotopic (exact) mass is 469 g/mol. The molecule has 2 heterocycles. The molecule has 3 aromatic rings. The first-order valence-electron chi connectivity index (χ1n) is 10.1. The summed E-state index contributed by atoms with van der Waals surface area (Å²) in [7, 11) is 0. The third kappa shape index (κ3) is 3.84. The van der Waals surface area contributed by atoms with Crippen LogP contribution in [0.2, 0.25) is 0 Å². The molecule has 30 heavy (non-hydrogen) atoms. The van der Waals surface area contributed by atoms with Crippen LogP contribution >= 0.6 is 15.9 Å². The van der Waals surface area contributed by atoms with E-state index in [1.165, 1.54) is 12.1 Å². The van der Waals surface area contributed by atoms with E-state index in [1.54, 1.807) is 11.0 Å². The van der Waals surface area contributed by atoms with Gasteiger partial charge in [0.15, 0.2) is 11.6 Å². The Bertz CT molecular complexity index is 1110. The minimum atomic E-state index is -0.498. The number of amides is 1. The lowest BCUT2D eigenvalue weighted by molar-refractivity contribution is 0.0742. The van der Waals surface area contributed by atoms with Crippen LogP contribution in [-0.4, -0.2) is 53.0 Å². The number of para-hydroxylation sites is 2. The summed E-state index contributed by atoms with van der Waals surface area (Å²) in [5.74, 6) is 0.840. The van der Waals surface area contributed by atoms with Gasteiger partial charge in [-0.2, -0.15) is 0 Å². The fourth-order valence-corrected chi connectivity index (χ4v) is 4.04. The summed E-state index contributed by atoms with van der Waals surface area (Å²) in [4.78, 5) is 26.3. The molecule has 2 aromatic carbocycles. The van der Waals surface area contributed by atoms with E-state index in [4.69, 9.17) is 9.97 Å². The number of piperazine rings is 1. The molecule has 5 rings (SSSR count). The summed E-state index contributed by atoms with van der Waals surface area (Å²) in [5.41, 5.74) is 1.81. The Morgan fingerprint density at radius 3 is 2.43 bits per heavy atom. The molecule has 8 heteroatoms. The molecule has 0 bridgehead atoms. The van der Waals surface area contributed by atoms with Crippen molar-refractivity contribution < 1.29 is 9.18 Å². The topological polar surface area (TPSA) is 61.4 Å². The van der Waals surface area contributed by atoms with Gasteiger partial charge in [0, 0.05) is 36.7 Å². The van der Waals surface area contributed by atoms with Gasteiger partial charge >= 0.3 is 0 Å². The van der Waals surface area contributed by atoms with Gasteiger partial charge in [0.05, 0.1) is 16.6 Å². The van der Waals surface area contributed by atoms with Crippen LogP contribution in [0.25, 0.3) is 11.0 Å². The number of rotatable bonds is 4. The van der Waals surface area contributed by atoms with Gasteiger partial charge in [-0.25, -0.2) is 14.4 Å². The molecule has 0 atom stereocenters. The number of carbonyl (C=O) groups excluding carboxylic acids is 1. The van der Waals surface area contributed by atoms with E-state index in [0.29, 0.717) is 36.7 Å². The van der Waals surface area contributed by atoms with Crippen LogP contribution in [0, 0.1) is 5.82 Å².